The van der Waals surface area contributed by atoms with Crippen LogP contribution in [0.3, 0.4) is 0 Å². The minimum absolute atomic E-state index is 0.696. The summed E-state index contributed by atoms with van der Waals surface area (Å²) in [5.41, 5.74) is 5.99. The number of fused-ring (bicyclic) bond motifs is 2. The fourth-order valence-electron chi connectivity index (χ4n) is 4.19. The van der Waals surface area contributed by atoms with Crippen molar-refractivity contribution in [1.82, 2.24) is 0 Å². The van der Waals surface area contributed by atoms with Gasteiger partial charge in [-0.1, -0.05) is 42.5 Å². The van der Waals surface area contributed by atoms with Crippen molar-refractivity contribution in [2.75, 3.05) is 37.9 Å². The van der Waals surface area contributed by atoms with Crippen molar-refractivity contribution in [3.05, 3.63) is 95.8 Å². The Morgan fingerprint density at radius 1 is 0.848 bits per heavy atom. The number of allylic oxidation sites excluding steroid dienone is 3. The van der Waals surface area contributed by atoms with E-state index in [2.05, 4.69) is 101 Å². The Kier molecular flexibility index (Phi) is 8.07. The van der Waals surface area contributed by atoms with Crippen LogP contribution < -0.4 is 9.47 Å². The summed E-state index contributed by atoms with van der Waals surface area (Å²) in [4.78, 5) is 2.33. The molecule has 0 fully saturated rings. The van der Waals surface area contributed by atoms with Gasteiger partial charge in [0.25, 0.3) is 0 Å². The summed E-state index contributed by atoms with van der Waals surface area (Å²) in [7, 11) is 0. The number of hydrogen-bond donors (Lipinski definition) is 0. The van der Waals surface area contributed by atoms with Crippen LogP contribution >= 0.6 is 0 Å². The molecule has 0 saturated carbocycles. The number of para-hydroxylation sites is 2. The van der Waals surface area contributed by atoms with E-state index in [1.165, 1.54) is 22.2 Å². The van der Waals surface area contributed by atoms with Crippen LogP contribution in [-0.4, -0.2) is 33.0 Å². The summed E-state index contributed by atoms with van der Waals surface area (Å²) in [5, 5.41) is 1.23. The van der Waals surface area contributed by atoms with Crippen molar-refractivity contribution in [2.45, 2.75) is 20.4 Å². The number of anilines is 1. The van der Waals surface area contributed by atoms with Crippen LogP contribution in [0.5, 0.6) is 0 Å². The topological polar surface area (TPSA) is 25.6 Å². The maximum absolute atomic E-state index is 5.65. The van der Waals surface area contributed by atoms with E-state index in [9.17, 15) is 0 Å². The molecule has 1 aliphatic rings. The SMILES string of the molecule is CCOCCN1/C(=C/C=C/c2ccc3ccccc3[n+]2CCOCC)C=Cc2ccccc21. The molecular formula is C29H33N2O2+. The van der Waals surface area contributed by atoms with Crippen LogP contribution in [0.1, 0.15) is 25.1 Å². The van der Waals surface area contributed by atoms with Crippen molar-refractivity contribution in [1.29, 1.82) is 0 Å². The molecule has 0 bridgehead atoms. The minimum Gasteiger partial charge on any atom is -0.380 e. The highest BCUT2D eigenvalue weighted by atomic mass is 16.5. The Balaban J connectivity index is 1.62. The first-order valence-electron chi connectivity index (χ1n) is 11.8. The Morgan fingerprint density at radius 2 is 1.64 bits per heavy atom. The molecule has 0 radical (unpaired) electrons. The van der Waals surface area contributed by atoms with E-state index in [-0.39, 0.29) is 0 Å². The molecule has 3 aromatic rings. The van der Waals surface area contributed by atoms with E-state index >= 15 is 0 Å². The van der Waals surface area contributed by atoms with Crippen LogP contribution in [0.4, 0.5) is 5.69 Å². The predicted octanol–water partition coefficient (Wildman–Crippen LogP) is 5.63. The molecule has 0 N–H and O–H groups in total. The molecule has 0 atom stereocenters. The Labute approximate surface area is 197 Å². The van der Waals surface area contributed by atoms with E-state index in [0.717, 1.165) is 37.7 Å². The quantitative estimate of drug-likeness (QED) is 0.301. The van der Waals surface area contributed by atoms with Crippen LogP contribution in [0.25, 0.3) is 23.1 Å². The van der Waals surface area contributed by atoms with Crippen molar-refractivity contribution >= 4 is 28.7 Å². The molecule has 4 rings (SSSR count). The zero-order valence-corrected chi connectivity index (χ0v) is 19.6. The molecule has 1 aromatic heterocycles. The summed E-state index contributed by atoms with van der Waals surface area (Å²) in [6.45, 7) is 8.56. The molecule has 0 saturated heterocycles. The highest BCUT2D eigenvalue weighted by molar-refractivity contribution is 5.77. The summed E-state index contributed by atoms with van der Waals surface area (Å²) in [6.07, 6.45) is 10.9. The van der Waals surface area contributed by atoms with Gasteiger partial charge in [-0.2, -0.15) is 4.57 Å². The third-order valence-corrected chi connectivity index (χ3v) is 5.81. The summed E-state index contributed by atoms with van der Waals surface area (Å²) < 4.78 is 13.6. The fourth-order valence-corrected chi connectivity index (χ4v) is 4.19. The summed E-state index contributed by atoms with van der Waals surface area (Å²) in [5.74, 6) is 0. The summed E-state index contributed by atoms with van der Waals surface area (Å²) >= 11 is 0. The first-order valence-corrected chi connectivity index (χ1v) is 11.8. The number of benzene rings is 2. The van der Waals surface area contributed by atoms with Gasteiger partial charge in [0.05, 0.1) is 6.61 Å². The normalized spacial score (nSPS) is 14.5. The summed E-state index contributed by atoms with van der Waals surface area (Å²) in [6, 6.07) is 21.4. The third kappa shape index (κ3) is 5.59. The lowest BCUT2D eigenvalue weighted by Gasteiger charge is -2.30. The second kappa shape index (κ2) is 11.6. The molecule has 2 aromatic carbocycles. The zero-order valence-electron chi connectivity index (χ0n) is 19.6. The van der Waals surface area contributed by atoms with Gasteiger partial charge in [0.2, 0.25) is 11.2 Å². The molecule has 1 aliphatic heterocycles. The van der Waals surface area contributed by atoms with Gasteiger partial charge in [0, 0.05) is 54.7 Å². The number of hydrogen-bond acceptors (Lipinski definition) is 3. The number of ether oxygens (including phenoxy) is 2. The van der Waals surface area contributed by atoms with E-state index < -0.39 is 0 Å². The molecule has 4 nitrogen and oxygen atoms in total. The molecule has 2 heterocycles. The average Bonchev–Trinajstić information content (AvgIpc) is 2.86. The second-order valence-corrected chi connectivity index (χ2v) is 7.86. The van der Waals surface area contributed by atoms with Crippen LogP contribution in [-0.2, 0) is 16.0 Å². The van der Waals surface area contributed by atoms with E-state index in [4.69, 9.17) is 9.47 Å². The molecule has 0 unspecified atom stereocenters. The lowest BCUT2D eigenvalue weighted by molar-refractivity contribution is -0.674. The van der Waals surface area contributed by atoms with Crippen LogP contribution in [0.2, 0.25) is 0 Å². The van der Waals surface area contributed by atoms with Crippen molar-refractivity contribution < 1.29 is 14.0 Å². The number of pyridine rings is 1. The molecule has 0 aliphatic carbocycles. The van der Waals surface area contributed by atoms with Gasteiger partial charge in [-0.15, -0.1) is 0 Å². The lowest BCUT2D eigenvalue weighted by Crippen LogP contribution is -2.40. The van der Waals surface area contributed by atoms with Crippen molar-refractivity contribution in [2.24, 2.45) is 0 Å². The Morgan fingerprint density at radius 3 is 2.52 bits per heavy atom. The monoisotopic (exact) mass is 441 g/mol. The average molecular weight is 442 g/mol. The first kappa shape index (κ1) is 23.0. The van der Waals surface area contributed by atoms with E-state index in [1.807, 2.05) is 13.8 Å². The number of nitrogens with zero attached hydrogens (tertiary/aromatic N) is 2. The maximum atomic E-state index is 5.65. The van der Waals surface area contributed by atoms with Crippen molar-refractivity contribution in [3.63, 3.8) is 0 Å². The third-order valence-electron chi connectivity index (χ3n) is 5.81. The molecule has 0 spiro atoms. The van der Waals surface area contributed by atoms with Crippen molar-refractivity contribution in [3.8, 4) is 0 Å². The molecule has 170 valence electrons. The lowest BCUT2D eigenvalue weighted by atomic mass is 10.1. The minimum atomic E-state index is 0.696. The van der Waals surface area contributed by atoms with Gasteiger partial charge in [-0.05, 0) is 49.8 Å². The highest BCUT2D eigenvalue weighted by Crippen LogP contribution is 2.30. The molecule has 4 heteroatoms. The van der Waals surface area contributed by atoms with E-state index in [0.29, 0.717) is 13.2 Å². The van der Waals surface area contributed by atoms with Crippen LogP contribution in [0.15, 0.2) is 84.6 Å². The van der Waals surface area contributed by atoms with Gasteiger partial charge in [-0.25, -0.2) is 0 Å². The van der Waals surface area contributed by atoms with Gasteiger partial charge in [-0.3, -0.25) is 0 Å². The fraction of sp³-hybridized carbons (Fsp3) is 0.276. The Bertz CT molecular complexity index is 1160. The highest BCUT2D eigenvalue weighted by Gasteiger charge is 2.17. The number of aromatic nitrogens is 1. The molecule has 33 heavy (non-hydrogen) atoms. The van der Waals surface area contributed by atoms with Gasteiger partial charge < -0.3 is 14.4 Å². The first-order chi connectivity index (χ1) is 16.3. The van der Waals surface area contributed by atoms with Crippen LogP contribution in [0, 0.1) is 0 Å². The second-order valence-electron chi connectivity index (χ2n) is 7.86. The van der Waals surface area contributed by atoms with Gasteiger partial charge >= 0.3 is 0 Å². The molecule has 0 amide bonds. The van der Waals surface area contributed by atoms with Gasteiger partial charge in [0.15, 0.2) is 6.54 Å². The van der Waals surface area contributed by atoms with Gasteiger partial charge in [0.1, 0.15) is 6.61 Å². The Hall–Kier alpha value is -3.21. The zero-order chi connectivity index (χ0) is 22.9. The standard InChI is InChI=1S/C29H33N2O2/c1-3-32-22-20-30-26(18-16-24-10-5-7-14-28(24)30)12-9-13-27-19-17-25-11-6-8-15-29(25)31(27)21-23-33-4-2/h5-19H,3-4,20-23H2,1-2H3/q+1. The maximum Gasteiger partial charge on any atom is 0.213 e. The molecular weight excluding hydrogens is 408 g/mol. The largest absolute Gasteiger partial charge is 0.380 e. The number of rotatable bonds is 10. The van der Waals surface area contributed by atoms with E-state index in [1.54, 1.807) is 0 Å². The smallest absolute Gasteiger partial charge is 0.213 e. The predicted molar refractivity (Wildman–Crippen MR) is 137 cm³/mol.